The highest BCUT2D eigenvalue weighted by Crippen LogP contribution is 2.22. The topological polar surface area (TPSA) is 72.9 Å². The van der Waals surface area contributed by atoms with Gasteiger partial charge in [0.1, 0.15) is 0 Å². The molecule has 2 aromatic carbocycles. The fraction of sp³-hybridized carbons (Fsp3) is 0.548. The van der Waals surface area contributed by atoms with E-state index in [4.69, 9.17) is 21.5 Å². The van der Waals surface area contributed by atoms with Crippen LogP contribution in [0.15, 0.2) is 54.6 Å². The number of piperidine rings is 1. The number of benzene rings is 2. The Morgan fingerprint density at radius 2 is 1.54 bits per heavy atom. The lowest BCUT2D eigenvalue weighted by atomic mass is 9.90. The Balaban J connectivity index is 0.000000587. The second-order valence-electron chi connectivity index (χ2n) is 11.0. The molecule has 1 aliphatic carbocycles. The molecule has 6 nitrogen and oxygen atoms in total. The largest absolute Gasteiger partial charge is 0.490 e. The quantitative estimate of drug-likeness (QED) is 0.323. The average molecular weight is 596 g/mol. The number of urea groups is 1. The Kier molecular flexibility index (Phi) is 13.3. The number of rotatable bonds is 9. The van der Waals surface area contributed by atoms with Crippen molar-refractivity contribution in [2.45, 2.75) is 76.6 Å². The first-order valence-electron chi connectivity index (χ1n) is 14.5. The van der Waals surface area contributed by atoms with Gasteiger partial charge >= 0.3 is 18.2 Å². The zero-order chi connectivity index (χ0) is 29.7. The van der Waals surface area contributed by atoms with Crippen LogP contribution < -0.4 is 5.32 Å². The van der Waals surface area contributed by atoms with Crippen molar-refractivity contribution in [3.05, 3.63) is 70.7 Å². The molecule has 2 N–H and O–H groups in total. The minimum absolute atomic E-state index is 0.0865. The molecule has 0 atom stereocenters. The van der Waals surface area contributed by atoms with E-state index in [9.17, 15) is 18.0 Å². The van der Waals surface area contributed by atoms with Crippen molar-refractivity contribution in [2.24, 2.45) is 5.92 Å². The fourth-order valence-electron chi connectivity index (χ4n) is 5.42. The van der Waals surface area contributed by atoms with Gasteiger partial charge in [0.25, 0.3) is 0 Å². The van der Waals surface area contributed by atoms with Crippen LogP contribution >= 0.6 is 11.6 Å². The molecule has 41 heavy (non-hydrogen) atoms. The number of aliphatic carboxylic acids is 1. The van der Waals surface area contributed by atoms with Crippen LogP contribution in [-0.2, 0) is 17.8 Å². The Labute approximate surface area is 245 Å². The first-order chi connectivity index (χ1) is 19.6. The molecule has 1 aliphatic heterocycles. The van der Waals surface area contributed by atoms with Crippen molar-refractivity contribution < 1.29 is 27.9 Å². The Hall–Kier alpha value is -2.78. The second-order valence-corrected chi connectivity index (χ2v) is 11.4. The summed E-state index contributed by atoms with van der Waals surface area (Å²) in [5.74, 6) is -1.96. The summed E-state index contributed by atoms with van der Waals surface area (Å²) in [7, 11) is 0. The molecule has 0 bridgehead atoms. The number of carbonyl (C=O) groups excluding carboxylic acids is 1. The Bertz CT molecular complexity index is 1060. The van der Waals surface area contributed by atoms with Gasteiger partial charge in [-0.2, -0.15) is 13.2 Å². The summed E-state index contributed by atoms with van der Waals surface area (Å²) in [6.07, 6.45) is 5.63. The molecule has 2 aliphatic rings. The van der Waals surface area contributed by atoms with Gasteiger partial charge in [-0.1, -0.05) is 73.3 Å². The van der Waals surface area contributed by atoms with E-state index in [2.05, 4.69) is 40.5 Å². The zero-order valence-corrected chi connectivity index (χ0v) is 24.2. The lowest BCUT2D eigenvalue weighted by molar-refractivity contribution is -0.192. The van der Waals surface area contributed by atoms with E-state index < -0.39 is 12.1 Å². The predicted molar refractivity (Wildman–Crippen MR) is 155 cm³/mol. The number of amides is 2. The number of nitrogens with one attached hydrogen (secondary N) is 1. The molecular weight excluding hydrogens is 555 g/mol. The second kappa shape index (κ2) is 16.6. The highest BCUT2D eigenvalue weighted by atomic mass is 35.5. The van der Waals surface area contributed by atoms with Crippen LogP contribution in [0.1, 0.15) is 62.5 Å². The maximum Gasteiger partial charge on any atom is 0.490 e. The maximum atomic E-state index is 13.2. The summed E-state index contributed by atoms with van der Waals surface area (Å²) in [5, 5.41) is 11.2. The van der Waals surface area contributed by atoms with Crippen LogP contribution in [0, 0.1) is 5.92 Å². The lowest BCUT2D eigenvalue weighted by Crippen LogP contribution is -2.46. The van der Waals surface area contributed by atoms with Crippen molar-refractivity contribution in [1.82, 2.24) is 15.1 Å². The van der Waals surface area contributed by atoms with Crippen LogP contribution in [0.3, 0.4) is 0 Å². The zero-order valence-electron chi connectivity index (χ0n) is 23.4. The van der Waals surface area contributed by atoms with Crippen molar-refractivity contribution in [3.63, 3.8) is 0 Å². The number of carbonyl (C=O) groups is 2. The first-order valence-corrected chi connectivity index (χ1v) is 14.8. The average Bonchev–Trinajstić information content (AvgIpc) is 2.95. The van der Waals surface area contributed by atoms with E-state index in [-0.39, 0.29) is 6.03 Å². The Morgan fingerprint density at radius 3 is 2.12 bits per heavy atom. The number of carboxylic acid groups (broad SMARTS) is 1. The molecule has 4 rings (SSSR count). The predicted octanol–water partition coefficient (Wildman–Crippen LogP) is 7.16. The van der Waals surface area contributed by atoms with Gasteiger partial charge in [0.2, 0.25) is 0 Å². The van der Waals surface area contributed by atoms with Crippen LogP contribution in [0.4, 0.5) is 18.0 Å². The Morgan fingerprint density at radius 1 is 0.927 bits per heavy atom. The summed E-state index contributed by atoms with van der Waals surface area (Å²) < 4.78 is 31.7. The molecule has 1 heterocycles. The van der Waals surface area contributed by atoms with Gasteiger partial charge in [-0.05, 0) is 87.3 Å². The molecule has 2 fully saturated rings. The number of likely N-dealkylation sites (tertiary alicyclic amines) is 1. The van der Waals surface area contributed by atoms with Gasteiger partial charge < -0.3 is 20.2 Å². The highest BCUT2D eigenvalue weighted by molar-refractivity contribution is 6.30. The van der Waals surface area contributed by atoms with Gasteiger partial charge in [0.15, 0.2) is 0 Å². The molecule has 0 radical (unpaired) electrons. The number of nitrogens with zero attached hydrogens (tertiary/aromatic N) is 2. The van der Waals surface area contributed by atoms with Gasteiger partial charge in [-0.3, -0.25) is 0 Å². The summed E-state index contributed by atoms with van der Waals surface area (Å²) in [4.78, 5) is 26.6. The van der Waals surface area contributed by atoms with E-state index in [0.717, 1.165) is 48.9 Å². The van der Waals surface area contributed by atoms with Crippen molar-refractivity contribution in [2.75, 3.05) is 26.2 Å². The van der Waals surface area contributed by atoms with E-state index in [1.165, 1.54) is 57.2 Å². The molecule has 1 saturated carbocycles. The number of halogens is 4. The van der Waals surface area contributed by atoms with E-state index in [0.29, 0.717) is 12.6 Å². The van der Waals surface area contributed by atoms with E-state index >= 15 is 0 Å². The van der Waals surface area contributed by atoms with Crippen LogP contribution in [0.2, 0.25) is 5.02 Å². The monoisotopic (exact) mass is 595 g/mol. The molecule has 10 heteroatoms. The standard InChI is InChI=1S/C29H40ClN3O.C2HF3O2/c30-27-14-12-26(13-15-27)23-33(29(34)31-28-10-5-2-6-11-28)19-7-18-32-20-16-25(17-21-32)22-24-8-3-1-4-9-24;3-2(4,5)1(6)7/h1,3-4,8-9,12-15,25,28H,2,5-7,10-11,16-23H2,(H,31,34);(H,6,7). The SMILES string of the molecule is O=C(NC1CCCCC1)N(CCCN1CCC(Cc2ccccc2)CC1)Cc1ccc(Cl)cc1.O=C(O)C(F)(F)F. The maximum absolute atomic E-state index is 13.2. The molecule has 226 valence electrons. The number of alkyl halides is 3. The molecule has 1 saturated heterocycles. The third kappa shape index (κ3) is 12.3. The molecule has 2 aromatic rings. The van der Waals surface area contributed by atoms with Crippen molar-refractivity contribution in [3.8, 4) is 0 Å². The number of hydrogen-bond donors (Lipinski definition) is 2. The van der Waals surface area contributed by atoms with Crippen LogP contribution in [0.25, 0.3) is 0 Å². The van der Waals surface area contributed by atoms with Gasteiger partial charge in [-0.15, -0.1) is 0 Å². The van der Waals surface area contributed by atoms with Crippen molar-refractivity contribution in [1.29, 1.82) is 0 Å². The van der Waals surface area contributed by atoms with Gasteiger partial charge in [0, 0.05) is 24.2 Å². The summed E-state index contributed by atoms with van der Waals surface area (Å²) >= 11 is 6.07. The molecule has 0 spiro atoms. The lowest BCUT2D eigenvalue weighted by Gasteiger charge is -2.33. The minimum Gasteiger partial charge on any atom is -0.475 e. The van der Waals surface area contributed by atoms with E-state index in [1.54, 1.807) is 0 Å². The number of carboxylic acids is 1. The number of hydrogen-bond acceptors (Lipinski definition) is 3. The normalized spacial score (nSPS) is 16.9. The fourth-order valence-corrected chi connectivity index (χ4v) is 5.55. The third-order valence-corrected chi connectivity index (χ3v) is 7.98. The van der Waals surface area contributed by atoms with Gasteiger partial charge in [-0.25, -0.2) is 9.59 Å². The molecule has 0 unspecified atom stereocenters. The smallest absolute Gasteiger partial charge is 0.475 e. The summed E-state index contributed by atoms with van der Waals surface area (Å²) in [6, 6.07) is 19.2. The molecule has 2 amide bonds. The van der Waals surface area contributed by atoms with Crippen LogP contribution in [0.5, 0.6) is 0 Å². The van der Waals surface area contributed by atoms with Crippen LogP contribution in [-0.4, -0.2) is 65.3 Å². The third-order valence-electron chi connectivity index (χ3n) is 7.73. The molecule has 0 aromatic heterocycles. The summed E-state index contributed by atoms with van der Waals surface area (Å²) in [6.45, 7) is 4.82. The highest BCUT2D eigenvalue weighted by Gasteiger charge is 2.38. The van der Waals surface area contributed by atoms with Crippen molar-refractivity contribution >= 4 is 23.6 Å². The first kappa shape index (κ1) is 32.7. The van der Waals surface area contributed by atoms with Gasteiger partial charge in [0.05, 0.1) is 0 Å². The van der Waals surface area contributed by atoms with E-state index in [1.807, 2.05) is 29.2 Å². The summed E-state index contributed by atoms with van der Waals surface area (Å²) in [5.41, 5.74) is 2.59. The molecular formula is C31H41ClF3N3O3. The minimum atomic E-state index is -5.08.